The molecule has 0 aliphatic carbocycles. The number of hydrogen-bond donors (Lipinski definition) is 0. The Morgan fingerprint density at radius 1 is 1.09 bits per heavy atom. The Morgan fingerprint density at radius 2 is 1.95 bits per heavy atom. The topological polar surface area (TPSA) is 60.2 Å². The Balaban J connectivity index is 1.85. The number of fused-ring (bicyclic) bond motifs is 1. The first-order valence-electron chi connectivity index (χ1n) is 6.68. The smallest absolute Gasteiger partial charge is 0.266 e. The van der Waals surface area contributed by atoms with Gasteiger partial charge in [0.05, 0.1) is 4.53 Å². The van der Waals surface area contributed by atoms with Crippen LogP contribution in [0.2, 0.25) is 0 Å². The number of aromatic nitrogens is 4. The van der Waals surface area contributed by atoms with Crippen LogP contribution in [0.4, 0.5) is 0 Å². The first kappa shape index (κ1) is 12.8. The van der Waals surface area contributed by atoms with Crippen molar-refractivity contribution in [2.45, 2.75) is 0 Å². The zero-order chi connectivity index (χ0) is 14.9. The Labute approximate surface area is 129 Å². The maximum absolute atomic E-state index is 12.4. The molecule has 0 amide bonds. The van der Waals surface area contributed by atoms with Crippen molar-refractivity contribution in [3.63, 3.8) is 0 Å². The van der Waals surface area contributed by atoms with Gasteiger partial charge in [-0.05, 0) is 23.8 Å². The SMILES string of the molecule is O=c1c(=Cc2ccccc2)sc2nc(-c3cccnc3)nn12. The van der Waals surface area contributed by atoms with E-state index >= 15 is 0 Å². The maximum atomic E-state index is 12.4. The zero-order valence-corrected chi connectivity index (χ0v) is 12.2. The summed E-state index contributed by atoms with van der Waals surface area (Å²) in [5.41, 5.74) is 1.63. The minimum Gasteiger partial charge on any atom is -0.266 e. The summed E-state index contributed by atoms with van der Waals surface area (Å²) in [7, 11) is 0. The monoisotopic (exact) mass is 306 g/mol. The first-order valence-corrected chi connectivity index (χ1v) is 7.50. The van der Waals surface area contributed by atoms with E-state index in [0.717, 1.165) is 11.1 Å². The van der Waals surface area contributed by atoms with E-state index < -0.39 is 0 Å². The molecule has 6 heteroatoms. The lowest BCUT2D eigenvalue weighted by molar-refractivity contribution is 0.936. The van der Waals surface area contributed by atoms with Crippen LogP contribution in [0.1, 0.15) is 5.56 Å². The summed E-state index contributed by atoms with van der Waals surface area (Å²) in [6.07, 6.45) is 5.22. The van der Waals surface area contributed by atoms with Gasteiger partial charge >= 0.3 is 0 Å². The summed E-state index contributed by atoms with van der Waals surface area (Å²) < 4.78 is 1.97. The fourth-order valence-electron chi connectivity index (χ4n) is 2.15. The summed E-state index contributed by atoms with van der Waals surface area (Å²) >= 11 is 1.34. The van der Waals surface area contributed by atoms with Crippen LogP contribution in [0.5, 0.6) is 0 Å². The standard InChI is InChI=1S/C16H10N4OS/c21-15-13(9-11-5-2-1-3-6-11)22-16-18-14(19-20(15)16)12-7-4-8-17-10-12/h1-10H. The number of nitrogens with zero attached hydrogens (tertiary/aromatic N) is 4. The van der Waals surface area contributed by atoms with E-state index in [1.165, 1.54) is 15.9 Å². The second-order valence-corrected chi connectivity index (χ2v) is 5.71. The number of pyridine rings is 1. The van der Waals surface area contributed by atoms with E-state index in [-0.39, 0.29) is 5.56 Å². The second kappa shape index (κ2) is 5.16. The summed E-state index contributed by atoms with van der Waals surface area (Å²) in [6, 6.07) is 13.4. The predicted octanol–water partition coefficient (Wildman–Crippen LogP) is 1.76. The molecule has 0 spiro atoms. The molecule has 0 aliphatic rings. The van der Waals surface area contributed by atoms with Gasteiger partial charge in [0.2, 0.25) is 4.96 Å². The quantitative estimate of drug-likeness (QED) is 0.566. The summed E-state index contributed by atoms with van der Waals surface area (Å²) in [6.45, 7) is 0. The van der Waals surface area contributed by atoms with Crippen molar-refractivity contribution in [2.75, 3.05) is 0 Å². The fourth-order valence-corrected chi connectivity index (χ4v) is 3.06. The van der Waals surface area contributed by atoms with Gasteiger partial charge in [0, 0.05) is 18.0 Å². The lowest BCUT2D eigenvalue weighted by atomic mass is 10.2. The van der Waals surface area contributed by atoms with E-state index in [1.807, 2.05) is 48.5 Å². The molecule has 1 aromatic carbocycles. The van der Waals surface area contributed by atoms with Gasteiger partial charge in [0.25, 0.3) is 5.56 Å². The van der Waals surface area contributed by atoms with Crippen molar-refractivity contribution in [3.8, 4) is 11.4 Å². The minimum absolute atomic E-state index is 0.147. The van der Waals surface area contributed by atoms with Crippen molar-refractivity contribution < 1.29 is 0 Å². The van der Waals surface area contributed by atoms with E-state index in [9.17, 15) is 4.79 Å². The Kier molecular flexibility index (Phi) is 3.01. The molecule has 0 saturated heterocycles. The molecule has 0 saturated carbocycles. The number of hydrogen-bond acceptors (Lipinski definition) is 5. The van der Waals surface area contributed by atoms with Crippen LogP contribution in [0.3, 0.4) is 0 Å². The molecule has 0 aliphatic heterocycles. The molecular formula is C16H10N4OS. The van der Waals surface area contributed by atoms with Crippen molar-refractivity contribution >= 4 is 22.4 Å². The molecule has 0 N–H and O–H groups in total. The minimum atomic E-state index is -0.147. The van der Waals surface area contributed by atoms with E-state index in [0.29, 0.717) is 15.3 Å². The molecule has 4 rings (SSSR count). The van der Waals surface area contributed by atoms with Crippen molar-refractivity contribution in [3.05, 3.63) is 75.3 Å². The lowest BCUT2D eigenvalue weighted by Crippen LogP contribution is -2.23. The largest absolute Gasteiger partial charge is 0.291 e. The highest BCUT2D eigenvalue weighted by Gasteiger charge is 2.11. The predicted molar refractivity (Wildman–Crippen MR) is 85.6 cm³/mol. The summed E-state index contributed by atoms with van der Waals surface area (Å²) in [4.78, 5) is 21.4. The zero-order valence-electron chi connectivity index (χ0n) is 11.4. The molecule has 0 fully saturated rings. The fraction of sp³-hybridized carbons (Fsp3) is 0. The van der Waals surface area contributed by atoms with Crippen molar-refractivity contribution in [1.29, 1.82) is 0 Å². The van der Waals surface area contributed by atoms with Gasteiger partial charge < -0.3 is 0 Å². The van der Waals surface area contributed by atoms with E-state index in [1.54, 1.807) is 12.4 Å². The van der Waals surface area contributed by atoms with Gasteiger partial charge in [0.15, 0.2) is 5.82 Å². The maximum Gasteiger partial charge on any atom is 0.291 e. The molecule has 3 aromatic heterocycles. The van der Waals surface area contributed by atoms with Crippen LogP contribution >= 0.6 is 11.3 Å². The van der Waals surface area contributed by atoms with E-state index in [2.05, 4.69) is 15.1 Å². The van der Waals surface area contributed by atoms with Crippen LogP contribution < -0.4 is 10.1 Å². The van der Waals surface area contributed by atoms with E-state index in [4.69, 9.17) is 0 Å². The van der Waals surface area contributed by atoms with Gasteiger partial charge in [-0.1, -0.05) is 41.7 Å². The first-order chi connectivity index (χ1) is 10.8. The third-order valence-corrected chi connectivity index (χ3v) is 4.16. The van der Waals surface area contributed by atoms with Crippen LogP contribution in [0.25, 0.3) is 22.4 Å². The average Bonchev–Trinajstić information content (AvgIpc) is 3.10. The van der Waals surface area contributed by atoms with Crippen LogP contribution in [0, 0.1) is 0 Å². The second-order valence-electron chi connectivity index (χ2n) is 4.70. The molecule has 0 unspecified atom stereocenters. The van der Waals surface area contributed by atoms with Gasteiger partial charge in [-0.3, -0.25) is 9.78 Å². The molecule has 0 atom stereocenters. The van der Waals surface area contributed by atoms with Crippen LogP contribution in [-0.2, 0) is 0 Å². The third-order valence-electron chi connectivity index (χ3n) is 3.20. The molecule has 106 valence electrons. The molecular weight excluding hydrogens is 296 g/mol. The number of rotatable bonds is 2. The molecule has 5 nitrogen and oxygen atoms in total. The summed E-state index contributed by atoms with van der Waals surface area (Å²) in [5, 5.41) is 4.29. The number of benzene rings is 1. The molecule has 0 bridgehead atoms. The molecule has 22 heavy (non-hydrogen) atoms. The normalized spacial score (nSPS) is 12.1. The highest BCUT2D eigenvalue weighted by molar-refractivity contribution is 7.15. The van der Waals surface area contributed by atoms with Gasteiger partial charge in [-0.25, -0.2) is 0 Å². The van der Waals surface area contributed by atoms with Crippen molar-refractivity contribution in [1.82, 2.24) is 19.6 Å². The third kappa shape index (κ3) is 2.19. The molecule has 3 heterocycles. The van der Waals surface area contributed by atoms with Gasteiger partial charge in [-0.15, -0.1) is 5.10 Å². The van der Waals surface area contributed by atoms with Crippen LogP contribution in [0.15, 0.2) is 59.7 Å². The molecule has 4 aromatic rings. The Bertz CT molecular complexity index is 1040. The number of thiazole rings is 1. The Hall–Kier alpha value is -2.86. The van der Waals surface area contributed by atoms with Crippen LogP contribution in [-0.4, -0.2) is 19.6 Å². The van der Waals surface area contributed by atoms with Gasteiger partial charge in [-0.2, -0.15) is 9.50 Å². The highest BCUT2D eigenvalue weighted by Crippen LogP contribution is 2.14. The summed E-state index contributed by atoms with van der Waals surface area (Å²) in [5.74, 6) is 0.516. The van der Waals surface area contributed by atoms with Crippen molar-refractivity contribution in [2.24, 2.45) is 0 Å². The van der Waals surface area contributed by atoms with Gasteiger partial charge in [0.1, 0.15) is 0 Å². The highest BCUT2D eigenvalue weighted by atomic mass is 32.1. The Morgan fingerprint density at radius 3 is 2.68 bits per heavy atom. The molecule has 0 radical (unpaired) electrons. The lowest BCUT2D eigenvalue weighted by Gasteiger charge is -1.90. The average molecular weight is 306 g/mol.